The molecule has 0 bridgehead atoms. The van der Waals surface area contributed by atoms with Gasteiger partial charge in [-0.05, 0) is 37.1 Å². The summed E-state index contributed by atoms with van der Waals surface area (Å²) in [6.45, 7) is 3.63. The SMILES string of the molecule is CN(CC(=O)Nc1ccc(N2CCOCC2)cc1)C(=O)C1CC(=O)N(C2CCCC2)C1. The standard InChI is InChI=1S/C23H32N4O4/c1-25(23(30)17-14-22(29)27(15-17)20-4-2-3-5-20)16-21(28)24-18-6-8-19(9-7-18)26-10-12-31-13-11-26/h6-9,17,20H,2-5,10-16H2,1H3,(H,24,28). The average molecular weight is 429 g/mol. The van der Waals surface area contributed by atoms with Gasteiger partial charge in [0, 0.05) is 50.5 Å². The van der Waals surface area contributed by atoms with Crippen molar-refractivity contribution in [1.82, 2.24) is 9.80 Å². The molecule has 168 valence electrons. The van der Waals surface area contributed by atoms with Gasteiger partial charge in [-0.1, -0.05) is 12.8 Å². The predicted molar refractivity (Wildman–Crippen MR) is 118 cm³/mol. The van der Waals surface area contributed by atoms with E-state index in [1.54, 1.807) is 7.05 Å². The zero-order chi connectivity index (χ0) is 21.8. The number of likely N-dealkylation sites (tertiary alicyclic amines) is 1. The number of benzene rings is 1. The molecule has 8 heteroatoms. The largest absolute Gasteiger partial charge is 0.378 e. The van der Waals surface area contributed by atoms with Crippen LogP contribution in [0.15, 0.2) is 24.3 Å². The van der Waals surface area contributed by atoms with Crippen LogP contribution in [0.2, 0.25) is 0 Å². The summed E-state index contributed by atoms with van der Waals surface area (Å²) in [5, 5.41) is 2.86. The third-order valence-corrected chi connectivity index (χ3v) is 6.56. The Bertz CT molecular complexity index is 800. The molecule has 1 aliphatic carbocycles. The van der Waals surface area contributed by atoms with E-state index in [-0.39, 0.29) is 36.6 Å². The van der Waals surface area contributed by atoms with Crippen LogP contribution in [0.3, 0.4) is 0 Å². The maximum atomic E-state index is 12.8. The zero-order valence-corrected chi connectivity index (χ0v) is 18.2. The second kappa shape index (κ2) is 9.68. The fourth-order valence-corrected chi connectivity index (χ4v) is 4.85. The molecule has 0 spiro atoms. The van der Waals surface area contributed by atoms with Crippen LogP contribution in [0.1, 0.15) is 32.1 Å². The first-order chi connectivity index (χ1) is 15.0. The Morgan fingerprint density at radius 3 is 2.48 bits per heavy atom. The summed E-state index contributed by atoms with van der Waals surface area (Å²) in [7, 11) is 1.63. The fraction of sp³-hybridized carbons (Fsp3) is 0.609. The number of carbonyl (C=O) groups excluding carboxylic acids is 3. The van der Waals surface area contributed by atoms with Crippen molar-refractivity contribution in [3.63, 3.8) is 0 Å². The van der Waals surface area contributed by atoms with E-state index in [4.69, 9.17) is 4.74 Å². The molecule has 3 amide bonds. The Morgan fingerprint density at radius 1 is 1.13 bits per heavy atom. The van der Waals surface area contributed by atoms with Crippen LogP contribution >= 0.6 is 0 Å². The number of ether oxygens (including phenoxy) is 1. The van der Waals surface area contributed by atoms with Crippen molar-refractivity contribution in [2.45, 2.75) is 38.1 Å². The number of hydrogen-bond donors (Lipinski definition) is 1. The second-order valence-corrected chi connectivity index (χ2v) is 8.77. The normalized spacial score (nSPS) is 22.1. The number of likely N-dealkylation sites (N-methyl/N-ethyl adjacent to an activating group) is 1. The molecule has 8 nitrogen and oxygen atoms in total. The molecule has 1 aromatic rings. The lowest BCUT2D eigenvalue weighted by molar-refractivity contribution is -0.137. The molecule has 2 saturated heterocycles. The predicted octanol–water partition coefficient (Wildman–Crippen LogP) is 1.71. The molecule has 0 aromatic heterocycles. The van der Waals surface area contributed by atoms with Gasteiger partial charge in [-0.3, -0.25) is 14.4 Å². The summed E-state index contributed by atoms with van der Waals surface area (Å²) in [6.07, 6.45) is 4.63. The molecule has 3 aliphatic rings. The van der Waals surface area contributed by atoms with Crippen molar-refractivity contribution >= 4 is 29.1 Å². The van der Waals surface area contributed by atoms with Crippen LogP contribution < -0.4 is 10.2 Å². The molecule has 1 saturated carbocycles. The Morgan fingerprint density at radius 2 is 1.81 bits per heavy atom. The van der Waals surface area contributed by atoms with E-state index in [1.165, 1.54) is 4.90 Å². The van der Waals surface area contributed by atoms with Crippen molar-refractivity contribution < 1.29 is 19.1 Å². The van der Waals surface area contributed by atoms with Crippen molar-refractivity contribution in [2.75, 3.05) is 56.7 Å². The molecule has 1 N–H and O–H groups in total. The minimum atomic E-state index is -0.348. The van der Waals surface area contributed by atoms with Gasteiger partial charge in [-0.15, -0.1) is 0 Å². The van der Waals surface area contributed by atoms with Crippen molar-refractivity contribution in [3.05, 3.63) is 24.3 Å². The highest BCUT2D eigenvalue weighted by Crippen LogP contribution is 2.30. The smallest absolute Gasteiger partial charge is 0.243 e. The van der Waals surface area contributed by atoms with E-state index < -0.39 is 0 Å². The van der Waals surface area contributed by atoms with Crippen LogP contribution in [-0.2, 0) is 19.1 Å². The van der Waals surface area contributed by atoms with Crippen LogP contribution in [-0.4, -0.2) is 80.0 Å². The molecular weight excluding hydrogens is 396 g/mol. The Balaban J connectivity index is 1.26. The van der Waals surface area contributed by atoms with Gasteiger partial charge in [0.25, 0.3) is 0 Å². The van der Waals surface area contributed by atoms with Gasteiger partial charge >= 0.3 is 0 Å². The molecule has 31 heavy (non-hydrogen) atoms. The van der Waals surface area contributed by atoms with Gasteiger partial charge < -0.3 is 24.8 Å². The lowest BCUT2D eigenvalue weighted by Gasteiger charge is -2.29. The van der Waals surface area contributed by atoms with E-state index in [9.17, 15) is 14.4 Å². The molecule has 2 aliphatic heterocycles. The van der Waals surface area contributed by atoms with Gasteiger partial charge in [0.1, 0.15) is 0 Å². The van der Waals surface area contributed by atoms with E-state index >= 15 is 0 Å². The molecular formula is C23H32N4O4. The van der Waals surface area contributed by atoms with Crippen molar-refractivity contribution in [1.29, 1.82) is 0 Å². The van der Waals surface area contributed by atoms with Gasteiger partial charge in [-0.25, -0.2) is 0 Å². The molecule has 2 heterocycles. The highest BCUT2D eigenvalue weighted by Gasteiger charge is 2.39. The topological polar surface area (TPSA) is 82.2 Å². The number of rotatable bonds is 6. The molecule has 3 fully saturated rings. The average Bonchev–Trinajstić information content (AvgIpc) is 3.44. The van der Waals surface area contributed by atoms with E-state index in [0.29, 0.717) is 18.3 Å². The van der Waals surface area contributed by atoms with Crippen molar-refractivity contribution in [3.8, 4) is 0 Å². The van der Waals surface area contributed by atoms with Crippen molar-refractivity contribution in [2.24, 2.45) is 5.92 Å². The summed E-state index contributed by atoms with van der Waals surface area (Å²) in [4.78, 5) is 43.2. The minimum Gasteiger partial charge on any atom is -0.378 e. The fourth-order valence-electron chi connectivity index (χ4n) is 4.85. The zero-order valence-electron chi connectivity index (χ0n) is 18.2. The van der Waals surface area contributed by atoms with Gasteiger partial charge in [0.2, 0.25) is 17.7 Å². The van der Waals surface area contributed by atoms with Gasteiger partial charge in [0.05, 0.1) is 25.7 Å². The van der Waals surface area contributed by atoms with Crippen LogP contribution in [0, 0.1) is 5.92 Å². The molecule has 1 atom stereocenters. The van der Waals surface area contributed by atoms with Crippen LogP contribution in [0.25, 0.3) is 0 Å². The number of morpholine rings is 1. The Hall–Kier alpha value is -2.61. The number of nitrogens with zero attached hydrogens (tertiary/aromatic N) is 3. The number of carbonyl (C=O) groups is 3. The molecule has 4 rings (SSSR count). The Labute approximate surface area is 183 Å². The van der Waals surface area contributed by atoms with Gasteiger partial charge in [0.15, 0.2) is 0 Å². The first kappa shape index (κ1) is 21.6. The third kappa shape index (κ3) is 5.18. The summed E-state index contributed by atoms with van der Waals surface area (Å²) < 4.78 is 5.38. The van der Waals surface area contributed by atoms with Gasteiger partial charge in [-0.2, -0.15) is 0 Å². The maximum absolute atomic E-state index is 12.8. The minimum absolute atomic E-state index is 0.0296. The molecule has 1 unspecified atom stereocenters. The van der Waals surface area contributed by atoms with E-state index in [0.717, 1.165) is 57.7 Å². The van der Waals surface area contributed by atoms with E-state index in [2.05, 4.69) is 10.2 Å². The quantitative estimate of drug-likeness (QED) is 0.746. The summed E-state index contributed by atoms with van der Waals surface area (Å²) >= 11 is 0. The highest BCUT2D eigenvalue weighted by molar-refractivity contribution is 5.96. The van der Waals surface area contributed by atoms with Crippen LogP contribution in [0.4, 0.5) is 11.4 Å². The number of anilines is 2. The second-order valence-electron chi connectivity index (χ2n) is 8.77. The van der Waals surface area contributed by atoms with Crippen LogP contribution in [0.5, 0.6) is 0 Å². The highest BCUT2D eigenvalue weighted by atomic mass is 16.5. The number of hydrogen-bond acceptors (Lipinski definition) is 5. The summed E-state index contributed by atoms with van der Waals surface area (Å²) in [6, 6.07) is 8.01. The lowest BCUT2D eigenvalue weighted by atomic mass is 10.1. The third-order valence-electron chi connectivity index (χ3n) is 6.56. The first-order valence-electron chi connectivity index (χ1n) is 11.3. The monoisotopic (exact) mass is 428 g/mol. The maximum Gasteiger partial charge on any atom is 0.243 e. The number of nitrogens with one attached hydrogen (secondary N) is 1. The Kier molecular flexibility index (Phi) is 6.75. The molecule has 1 aromatic carbocycles. The first-order valence-corrected chi connectivity index (χ1v) is 11.3. The molecule has 0 radical (unpaired) electrons. The summed E-state index contributed by atoms with van der Waals surface area (Å²) in [5.74, 6) is -0.652. The van der Waals surface area contributed by atoms with E-state index in [1.807, 2.05) is 29.2 Å². The summed E-state index contributed by atoms with van der Waals surface area (Å²) in [5.41, 5.74) is 1.80. The lowest BCUT2D eigenvalue weighted by Crippen LogP contribution is -2.40. The number of amides is 3.